The largest absolute Gasteiger partial charge is 0.295 e. The third-order valence-corrected chi connectivity index (χ3v) is 5.38. The van der Waals surface area contributed by atoms with Gasteiger partial charge in [0.05, 0.1) is 0 Å². The van der Waals surface area contributed by atoms with E-state index < -0.39 is 0 Å². The van der Waals surface area contributed by atoms with E-state index in [0.717, 1.165) is 12.0 Å². The first-order valence-corrected chi connectivity index (χ1v) is 7.81. The van der Waals surface area contributed by atoms with E-state index in [0.29, 0.717) is 16.4 Å². The van der Waals surface area contributed by atoms with Crippen molar-refractivity contribution in [3.05, 3.63) is 0 Å². The molecule has 1 heterocycles. The Balaban J connectivity index is 2.21. The summed E-state index contributed by atoms with van der Waals surface area (Å²) in [5.41, 5.74) is 1.33. The van der Waals surface area contributed by atoms with E-state index >= 15 is 0 Å². The number of nitrogens with zero attached hydrogens (tertiary/aromatic N) is 1. The van der Waals surface area contributed by atoms with E-state index in [1.807, 2.05) is 0 Å². The lowest BCUT2D eigenvalue weighted by Gasteiger charge is -2.55. The van der Waals surface area contributed by atoms with E-state index in [-0.39, 0.29) is 0 Å². The van der Waals surface area contributed by atoms with Gasteiger partial charge in [0, 0.05) is 11.6 Å². The molecule has 0 radical (unpaired) electrons. The second-order valence-corrected chi connectivity index (χ2v) is 9.13. The first-order chi connectivity index (χ1) is 8.04. The van der Waals surface area contributed by atoms with Crippen LogP contribution in [0.3, 0.4) is 0 Å². The van der Waals surface area contributed by atoms with Crippen LogP contribution in [0, 0.1) is 16.7 Å². The highest BCUT2D eigenvalue weighted by Gasteiger charge is 2.50. The van der Waals surface area contributed by atoms with Gasteiger partial charge in [0.1, 0.15) is 0 Å². The summed E-state index contributed by atoms with van der Waals surface area (Å²) in [6.07, 6.45) is 5.78. The maximum atomic E-state index is 2.77. The van der Waals surface area contributed by atoms with Crippen LogP contribution < -0.4 is 0 Å². The fourth-order valence-corrected chi connectivity index (χ4v) is 3.91. The van der Waals surface area contributed by atoms with Crippen LogP contribution in [0.25, 0.3) is 0 Å². The van der Waals surface area contributed by atoms with Crippen molar-refractivity contribution in [3.8, 4) is 0 Å². The van der Waals surface area contributed by atoms with E-state index in [2.05, 4.69) is 53.4 Å². The summed E-state index contributed by atoms with van der Waals surface area (Å²) < 4.78 is 0. The van der Waals surface area contributed by atoms with Gasteiger partial charge in [0.2, 0.25) is 0 Å². The van der Waals surface area contributed by atoms with Crippen LogP contribution in [0.5, 0.6) is 0 Å². The van der Waals surface area contributed by atoms with Crippen molar-refractivity contribution in [1.82, 2.24) is 4.90 Å². The fourth-order valence-electron chi connectivity index (χ4n) is 3.91. The molecule has 0 bridgehead atoms. The lowest BCUT2D eigenvalue weighted by molar-refractivity contribution is -0.0542. The second kappa shape index (κ2) is 4.23. The van der Waals surface area contributed by atoms with E-state index in [1.54, 1.807) is 0 Å². The number of hydrogen-bond donors (Lipinski definition) is 0. The lowest BCUT2D eigenvalue weighted by atomic mass is 9.66. The quantitative estimate of drug-likeness (QED) is 0.652. The van der Waals surface area contributed by atoms with E-state index in [9.17, 15) is 0 Å². The molecule has 1 aliphatic carbocycles. The molecule has 1 nitrogen and oxygen atoms in total. The molecule has 2 unspecified atom stereocenters. The monoisotopic (exact) mass is 251 g/mol. The van der Waals surface area contributed by atoms with Crippen molar-refractivity contribution < 1.29 is 0 Å². The van der Waals surface area contributed by atoms with Gasteiger partial charge < -0.3 is 0 Å². The number of rotatable bonds is 1. The summed E-state index contributed by atoms with van der Waals surface area (Å²) in [6, 6.07) is 0.733. The van der Waals surface area contributed by atoms with Crippen LogP contribution in [-0.4, -0.2) is 23.0 Å². The highest BCUT2D eigenvalue weighted by atomic mass is 15.2. The zero-order valence-corrected chi connectivity index (χ0v) is 13.6. The molecule has 0 aromatic carbocycles. The maximum Gasteiger partial charge on any atom is 0.0154 e. The molecular formula is C17H33N. The SMILES string of the molecule is CC(C)(C)C1CC(C)(C2CC2)CCN1C(C)(C)C. The molecule has 1 aliphatic heterocycles. The minimum absolute atomic E-state index is 0.308. The number of likely N-dealkylation sites (tertiary alicyclic amines) is 1. The Hall–Kier alpha value is -0.0400. The van der Waals surface area contributed by atoms with Crippen LogP contribution in [0.4, 0.5) is 0 Å². The van der Waals surface area contributed by atoms with Crippen molar-refractivity contribution in [2.24, 2.45) is 16.7 Å². The average Bonchev–Trinajstić information content (AvgIpc) is 2.97. The van der Waals surface area contributed by atoms with Gasteiger partial charge in [-0.3, -0.25) is 4.90 Å². The standard InChI is InChI=1S/C17H33N/c1-15(2,3)14-12-17(7,13-8-9-13)10-11-18(14)16(4,5)6/h13-14H,8-12H2,1-7H3. The molecule has 2 atom stereocenters. The predicted molar refractivity (Wildman–Crippen MR) is 79.8 cm³/mol. The molecule has 1 saturated carbocycles. The summed E-state index contributed by atoms with van der Waals surface area (Å²) >= 11 is 0. The average molecular weight is 251 g/mol. The molecule has 2 fully saturated rings. The molecule has 1 saturated heterocycles. The van der Waals surface area contributed by atoms with Gasteiger partial charge in [0.25, 0.3) is 0 Å². The second-order valence-electron chi connectivity index (χ2n) is 9.13. The predicted octanol–water partition coefficient (Wildman–Crippen LogP) is 4.71. The Labute approximate surface area is 114 Å². The number of hydrogen-bond acceptors (Lipinski definition) is 1. The highest BCUT2D eigenvalue weighted by Crippen LogP contribution is 2.55. The Bertz CT molecular complexity index is 303. The van der Waals surface area contributed by atoms with Crippen LogP contribution in [0.15, 0.2) is 0 Å². The van der Waals surface area contributed by atoms with Crippen molar-refractivity contribution in [2.75, 3.05) is 6.54 Å². The smallest absolute Gasteiger partial charge is 0.0154 e. The van der Waals surface area contributed by atoms with Crippen molar-refractivity contribution in [1.29, 1.82) is 0 Å². The van der Waals surface area contributed by atoms with Gasteiger partial charge in [-0.25, -0.2) is 0 Å². The van der Waals surface area contributed by atoms with Crippen LogP contribution >= 0.6 is 0 Å². The molecule has 1 heteroatoms. The summed E-state index contributed by atoms with van der Waals surface area (Å²) in [5, 5.41) is 0. The van der Waals surface area contributed by atoms with Gasteiger partial charge in [-0.15, -0.1) is 0 Å². The first-order valence-electron chi connectivity index (χ1n) is 7.81. The minimum atomic E-state index is 0.308. The molecule has 18 heavy (non-hydrogen) atoms. The van der Waals surface area contributed by atoms with Crippen LogP contribution in [0.2, 0.25) is 0 Å². The Morgan fingerprint density at radius 2 is 1.56 bits per heavy atom. The molecule has 0 aromatic heterocycles. The molecule has 106 valence electrons. The molecule has 0 N–H and O–H groups in total. The summed E-state index contributed by atoms with van der Waals surface area (Å²) in [7, 11) is 0. The third kappa shape index (κ3) is 2.76. The Morgan fingerprint density at radius 3 is 1.94 bits per heavy atom. The topological polar surface area (TPSA) is 3.24 Å². The van der Waals surface area contributed by atoms with Crippen LogP contribution in [0.1, 0.15) is 74.1 Å². The molecule has 0 aromatic rings. The Kier molecular flexibility index (Phi) is 3.38. The minimum Gasteiger partial charge on any atom is -0.295 e. The van der Waals surface area contributed by atoms with Gasteiger partial charge >= 0.3 is 0 Å². The van der Waals surface area contributed by atoms with Crippen molar-refractivity contribution in [2.45, 2.75) is 85.7 Å². The van der Waals surface area contributed by atoms with Gasteiger partial charge in [-0.05, 0) is 69.7 Å². The zero-order chi connectivity index (χ0) is 13.8. The molecular weight excluding hydrogens is 218 g/mol. The molecule has 0 amide bonds. The number of piperidine rings is 1. The van der Waals surface area contributed by atoms with E-state index in [1.165, 1.54) is 32.2 Å². The summed E-state index contributed by atoms with van der Waals surface area (Å²) in [5.74, 6) is 1.03. The first kappa shape index (κ1) is 14.4. The van der Waals surface area contributed by atoms with Gasteiger partial charge in [-0.1, -0.05) is 27.7 Å². The van der Waals surface area contributed by atoms with Gasteiger partial charge in [-0.2, -0.15) is 0 Å². The maximum absolute atomic E-state index is 2.77. The normalized spacial score (nSPS) is 35.8. The fraction of sp³-hybridized carbons (Fsp3) is 1.00. The van der Waals surface area contributed by atoms with Crippen LogP contribution in [-0.2, 0) is 0 Å². The highest BCUT2D eigenvalue weighted by molar-refractivity contribution is 5.02. The van der Waals surface area contributed by atoms with Crippen molar-refractivity contribution >= 4 is 0 Å². The summed E-state index contributed by atoms with van der Waals surface area (Å²) in [6.45, 7) is 18.3. The van der Waals surface area contributed by atoms with Gasteiger partial charge in [0.15, 0.2) is 0 Å². The van der Waals surface area contributed by atoms with E-state index in [4.69, 9.17) is 0 Å². The molecule has 2 rings (SSSR count). The summed E-state index contributed by atoms with van der Waals surface area (Å²) in [4.78, 5) is 2.77. The molecule has 0 spiro atoms. The van der Waals surface area contributed by atoms with Crippen molar-refractivity contribution in [3.63, 3.8) is 0 Å². The Morgan fingerprint density at radius 1 is 1.00 bits per heavy atom. The third-order valence-electron chi connectivity index (χ3n) is 5.38. The lowest BCUT2D eigenvalue weighted by Crippen LogP contribution is -2.58. The zero-order valence-electron chi connectivity index (χ0n) is 13.6. The molecule has 2 aliphatic rings.